The van der Waals surface area contributed by atoms with Gasteiger partial charge < -0.3 is 28.8 Å². The molecular formula is C41H46ClNO9S. The van der Waals surface area contributed by atoms with Gasteiger partial charge in [0.05, 0.1) is 34.9 Å². The molecule has 4 aromatic rings. The third kappa shape index (κ3) is 13.2. The molecule has 4 aromatic carbocycles. The van der Waals surface area contributed by atoms with Crippen LogP contribution in [0.15, 0.2) is 95.9 Å². The number of hydrogen-bond donors (Lipinski definition) is 2. The van der Waals surface area contributed by atoms with Gasteiger partial charge in [0.1, 0.15) is 23.0 Å². The van der Waals surface area contributed by atoms with Crippen LogP contribution in [-0.4, -0.2) is 46.8 Å². The molecule has 0 aromatic heterocycles. The number of nitrogens with one attached hydrogen (secondary N) is 1. The quantitative estimate of drug-likeness (QED) is 0.0347. The van der Waals surface area contributed by atoms with E-state index < -0.39 is 34.8 Å². The minimum absolute atomic E-state index is 0.0414. The van der Waals surface area contributed by atoms with E-state index in [2.05, 4.69) is 12.2 Å². The van der Waals surface area contributed by atoms with Crippen molar-refractivity contribution < 1.29 is 42.1 Å². The maximum Gasteiger partial charge on any atom is 0.338 e. The van der Waals surface area contributed by atoms with Crippen LogP contribution >= 0.6 is 11.6 Å². The summed E-state index contributed by atoms with van der Waals surface area (Å²) >= 11 is 4.51. The van der Waals surface area contributed by atoms with Gasteiger partial charge in [0, 0.05) is 5.56 Å². The number of unbranched alkanes of at least 4 members (excludes halogenated alkanes) is 9. The molecule has 0 aliphatic carbocycles. The first-order valence-electron chi connectivity index (χ1n) is 17.8. The lowest BCUT2D eigenvalue weighted by molar-refractivity contribution is -0.120. The van der Waals surface area contributed by atoms with Crippen molar-refractivity contribution in [1.29, 1.82) is 0 Å². The number of phenolic OH excluding ortho intramolecular Hbond substituents is 1. The second kappa shape index (κ2) is 21.6. The summed E-state index contributed by atoms with van der Waals surface area (Å²) in [6.45, 7) is 2.49. The van der Waals surface area contributed by atoms with E-state index >= 15 is 0 Å². The Morgan fingerprint density at radius 2 is 1.30 bits per heavy atom. The summed E-state index contributed by atoms with van der Waals surface area (Å²) in [5, 5.41) is 12.2. The molecule has 2 unspecified atom stereocenters. The standard InChI is InChI=1S/C41H46ClNO9S/c1-3-4-5-6-7-8-9-10-11-12-27-50-41(47)30-15-26-36(42)37(28-30)43-40(46)39(38(45)29-13-18-32(49-2)19-14-29)51-33-22-24-35(25-23-33)53(48)52-34-20-16-31(44)17-21-34/h13-26,28,39,44H,3-12,27H2,1-2H3,(H,43,46). The van der Waals surface area contributed by atoms with E-state index in [0.717, 1.165) is 19.3 Å². The molecule has 0 bridgehead atoms. The normalized spacial score (nSPS) is 12.0. The minimum Gasteiger partial charge on any atom is -0.508 e. The Bertz CT molecular complexity index is 1800. The summed E-state index contributed by atoms with van der Waals surface area (Å²) < 4.78 is 34.8. The highest BCUT2D eigenvalue weighted by Crippen LogP contribution is 2.26. The number of benzene rings is 4. The fourth-order valence-corrected chi connectivity index (χ4v) is 6.22. The molecule has 1 amide bonds. The Balaban J connectivity index is 1.39. The van der Waals surface area contributed by atoms with Gasteiger partial charge in [0.15, 0.2) is 0 Å². The van der Waals surface area contributed by atoms with Crippen LogP contribution in [0.25, 0.3) is 0 Å². The maximum absolute atomic E-state index is 13.7. The molecule has 0 aliphatic rings. The van der Waals surface area contributed by atoms with Crippen molar-refractivity contribution in [2.45, 2.75) is 82.1 Å². The Kier molecular flexibility index (Phi) is 16.7. The van der Waals surface area contributed by atoms with Gasteiger partial charge in [-0.25, -0.2) is 9.00 Å². The second-order valence-corrected chi connectivity index (χ2v) is 13.9. The minimum atomic E-state index is -1.90. The van der Waals surface area contributed by atoms with Crippen LogP contribution in [0.2, 0.25) is 5.02 Å². The number of anilines is 1. The zero-order valence-electron chi connectivity index (χ0n) is 30.0. The van der Waals surface area contributed by atoms with Crippen molar-refractivity contribution >= 4 is 46.0 Å². The highest BCUT2D eigenvalue weighted by atomic mass is 35.5. The van der Waals surface area contributed by atoms with Crippen molar-refractivity contribution in [2.24, 2.45) is 0 Å². The molecule has 282 valence electrons. The van der Waals surface area contributed by atoms with Gasteiger partial charge in [-0.3, -0.25) is 9.59 Å². The number of halogens is 1. The molecule has 0 spiro atoms. The predicted octanol–water partition coefficient (Wildman–Crippen LogP) is 9.50. The van der Waals surface area contributed by atoms with Crippen LogP contribution in [0.3, 0.4) is 0 Å². The summed E-state index contributed by atoms with van der Waals surface area (Å²) in [6.07, 6.45) is 9.96. The number of ether oxygens (including phenoxy) is 3. The van der Waals surface area contributed by atoms with E-state index in [4.69, 9.17) is 30.0 Å². The molecule has 4 rings (SSSR count). The van der Waals surface area contributed by atoms with Crippen LogP contribution in [0, 0.1) is 0 Å². The van der Waals surface area contributed by atoms with E-state index in [1.165, 1.54) is 131 Å². The molecule has 12 heteroatoms. The molecule has 53 heavy (non-hydrogen) atoms. The van der Waals surface area contributed by atoms with Crippen molar-refractivity contribution in [3.63, 3.8) is 0 Å². The topological polar surface area (TPSA) is 137 Å². The molecule has 10 nitrogen and oxygen atoms in total. The first-order valence-corrected chi connectivity index (χ1v) is 19.3. The zero-order valence-corrected chi connectivity index (χ0v) is 31.6. The molecule has 0 fully saturated rings. The van der Waals surface area contributed by atoms with E-state index in [0.29, 0.717) is 5.75 Å². The number of amides is 1. The van der Waals surface area contributed by atoms with Gasteiger partial charge in [-0.1, -0.05) is 76.3 Å². The zero-order chi connectivity index (χ0) is 38.0. The summed E-state index contributed by atoms with van der Waals surface area (Å²) in [7, 11) is 1.49. The molecule has 2 atom stereocenters. The van der Waals surface area contributed by atoms with Gasteiger partial charge in [0.25, 0.3) is 5.91 Å². The smallest absolute Gasteiger partial charge is 0.338 e. The number of carbonyl (C=O) groups is 3. The number of Topliss-reactive ketones (excluding diaryl/α,β-unsaturated/α-hetero) is 1. The highest BCUT2D eigenvalue weighted by molar-refractivity contribution is 7.80. The summed E-state index contributed by atoms with van der Waals surface area (Å²) in [5.74, 6) is -1.07. The van der Waals surface area contributed by atoms with Crippen molar-refractivity contribution in [2.75, 3.05) is 19.0 Å². The number of ketones is 1. The Morgan fingerprint density at radius 1 is 0.736 bits per heavy atom. The van der Waals surface area contributed by atoms with Crippen LogP contribution in [0.1, 0.15) is 91.8 Å². The first-order chi connectivity index (χ1) is 25.7. The number of methoxy groups -OCH3 is 1. The van der Waals surface area contributed by atoms with Gasteiger partial charge in [-0.05, 0) is 97.4 Å². The average Bonchev–Trinajstić information content (AvgIpc) is 3.17. The predicted molar refractivity (Wildman–Crippen MR) is 206 cm³/mol. The van der Waals surface area contributed by atoms with Gasteiger partial charge in [-0.2, -0.15) is 0 Å². The maximum atomic E-state index is 13.7. The number of esters is 1. The third-order valence-electron chi connectivity index (χ3n) is 8.32. The lowest BCUT2D eigenvalue weighted by Crippen LogP contribution is -2.40. The molecule has 0 aliphatic heterocycles. The molecular weight excluding hydrogens is 718 g/mol. The lowest BCUT2D eigenvalue weighted by atomic mass is 10.0. The number of aromatic hydroxyl groups is 1. The van der Waals surface area contributed by atoms with Crippen LogP contribution in [0.4, 0.5) is 5.69 Å². The fraction of sp³-hybridized carbons (Fsp3) is 0.341. The molecule has 0 heterocycles. The van der Waals surface area contributed by atoms with Crippen molar-refractivity contribution in [3.05, 3.63) is 107 Å². The first kappa shape index (κ1) is 40.9. The monoisotopic (exact) mass is 763 g/mol. The summed E-state index contributed by atoms with van der Waals surface area (Å²) in [4.78, 5) is 40.6. The van der Waals surface area contributed by atoms with Gasteiger partial charge in [-0.15, -0.1) is 0 Å². The molecule has 2 N–H and O–H groups in total. The van der Waals surface area contributed by atoms with Crippen LogP contribution in [0.5, 0.6) is 23.0 Å². The van der Waals surface area contributed by atoms with E-state index in [9.17, 15) is 23.7 Å². The Labute approximate surface area is 318 Å². The number of phenols is 1. The Morgan fingerprint density at radius 3 is 1.92 bits per heavy atom. The fourth-order valence-electron chi connectivity index (χ4n) is 5.32. The van der Waals surface area contributed by atoms with Crippen molar-refractivity contribution in [1.82, 2.24) is 0 Å². The van der Waals surface area contributed by atoms with E-state index in [-0.39, 0.29) is 50.6 Å². The lowest BCUT2D eigenvalue weighted by Gasteiger charge is -2.19. The van der Waals surface area contributed by atoms with E-state index in [1.807, 2.05) is 0 Å². The summed E-state index contributed by atoms with van der Waals surface area (Å²) in [5.41, 5.74) is 0.466. The third-order valence-corrected chi connectivity index (χ3v) is 9.65. The van der Waals surface area contributed by atoms with Gasteiger partial charge in [0.2, 0.25) is 23.0 Å². The highest BCUT2D eigenvalue weighted by Gasteiger charge is 2.31. The number of carbonyl (C=O) groups excluding carboxylic acids is 3. The van der Waals surface area contributed by atoms with Crippen molar-refractivity contribution in [3.8, 4) is 23.0 Å². The Hall–Kier alpha value is -4.87. The SMILES string of the molecule is CCCCCCCCCCCCOC(=O)c1ccc(Cl)c(NC(=O)C(Oc2ccc(S(=O)Oc3ccc(O)cc3)cc2)C(=O)c2ccc(OC)cc2)c1. The summed E-state index contributed by atoms with van der Waals surface area (Å²) in [6, 6.07) is 22.2. The van der Waals surface area contributed by atoms with E-state index in [1.54, 1.807) is 12.1 Å². The molecule has 0 saturated carbocycles. The number of rotatable bonds is 22. The molecule has 0 radical (unpaired) electrons. The van der Waals surface area contributed by atoms with Crippen LogP contribution in [-0.2, 0) is 20.6 Å². The average molecular weight is 764 g/mol. The second-order valence-electron chi connectivity index (χ2n) is 12.4. The largest absolute Gasteiger partial charge is 0.508 e. The van der Waals surface area contributed by atoms with Crippen LogP contribution < -0.4 is 19.0 Å². The number of hydrogen-bond acceptors (Lipinski definition) is 9. The van der Waals surface area contributed by atoms with Gasteiger partial charge >= 0.3 is 5.97 Å². The molecule has 0 saturated heterocycles.